The Labute approximate surface area is 72.8 Å². The molecule has 1 fully saturated rings. The van der Waals surface area contributed by atoms with Gasteiger partial charge in [0.2, 0.25) is 0 Å². The molecule has 1 aliphatic rings. The molecule has 1 saturated heterocycles. The Morgan fingerprint density at radius 3 is 1.64 bits per heavy atom. The Hall–Kier alpha value is 0.0649. The first-order valence-corrected chi connectivity index (χ1v) is 5.30. The lowest BCUT2D eigenvalue weighted by Crippen LogP contribution is -2.19. The van der Waals surface area contributed by atoms with Gasteiger partial charge in [-0.3, -0.25) is 0 Å². The van der Waals surface area contributed by atoms with Gasteiger partial charge in [0.05, 0.1) is 0 Å². The van der Waals surface area contributed by atoms with Crippen molar-refractivity contribution < 1.29 is 0 Å². The summed E-state index contributed by atoms with van der Waals surface area (Å²) in [7, 11) is 0. The van der Waals surface area contributed by atoms with Crippen LogP contribution in [0.2, 0.25) is 18.5 Å². The monoisotopic (exact) mass is 154 g/mol. The average Bonchev–Trinajstić information content (AvgIpc) is 2.10. The number of rotatable bonds is 1. The normalized spacial score (nSPS) is 17.7. The Morgan fingerprint density at radius 2 is 1.36 bits per heavy atom. The molecule has 0 radical (unpaired) electrons. The first-order chi connectivity index (χ1) is 5.30. The molecule has 0 N–H and O–H groups in total. The van der Waals surface area contributed by atoms with Crippen LogP contribution in [0, 0.1) is 0 Å². The van der Waals surface area contributed by atoms with Gasteiger partial charge in [-0.15, -0.1) is 0 Å². The van der Waals surface area contributed by atoms with Crippen molar-refractivity contribution in [1.29, 1.82) is 0 Å². The van der Waals surface area contributed by atoms with Crippen molar-refractivity contribution in [3.63, 3.8) is 0 Å². The van der Waals surface area contributed by atoms with Crippen LogP contribution in [-0.2, 0) is 0 Å². The van der Waals surface area contributed by atoms with E-state index in [9.17, 15) is 0 Å². The third-order valence-corrected chi connectivity index (χ3v) is 2.59. The Bertz CT molecular complexity index is 72.9. The van der Waals surface area contributed by atoms with E-state index >= 15 is 0 Å². The van der Waals surface area contributed by atoms with Gasteiger partial charge in [-0.1, -0.05) is 65.4 Å². The SMILES string of the molecule is CC.CC(C)B1CCCCC1. The molecule has 1 heteroatoms. The molecule has 0 bridgehead atoms. The second-order valence-corrected chi connectivity index (χ2v) is 3.64. The minimum atomic E-state index is 0.935. The topological polar surface area (TPSA) is 0 Å². The minimum absolute atomic E-state index is 0.935. The summed E-state index contributed by atoms with van der Waals surface area (Å²) in [5.74, 6) is 0.935. The van der Waals surface area contributed by atoms with Crippen LogP contribution in [0.5, 0.6) is 0 Å². The van der Waals surface area contributed by atoms with Crippen LogP contribution in [0.25, 0.3) is 0 Å². The molecular formula is C10H23B. The maximum Gasteiger partial charge on any atom is 0.142 e. The maximum atomic E-state index is 2.36. The second-order valence-electron chi connectivity index (χ2n) is 3.64. The highest BCUT2D eigenvalue weighted by Gasteiger charge is 2.19. The fourth-order valence-corrected chi connectivity index (χ4v) is 1.80. The van der Waals surface area contributed by atoms with Crippen molar-refractivity contribution in [2.45, 2.75) is 65.4 Å². The lowest BCUT2D eigenvalue weighted by Gasteiger charge is -2.21. The highest BCUT2D eigenvalue weighted by Crippen LogP contribution is 2.26. The molecule has 1 rings (SSSR count). The summed E-state index contributed by atoms with van der Waals surface area (Å²) in [4.78, 5) is 0. The van der Waals surface area contributed by atoms with E-state index in [1.54, 1.807) is 0 Å². The van der Waals surface area contributed by atoms with Crippen LogP contribution in [0.3, 0.4) is 0 Å². The molecule has 0 nitrogen and oxygen atoms in total. The zero-order valence-electron chi connectivity index (χ0n) is 8.69. The van der Waals surface area contributed by atoms with E-state index in [2.05, 4.69) is 13.8 Å². The minimum Gasteiger partial charge on any atom is -0.0739 e. The third-order valence-electron chi connectivity index (χ3n) is 2.59. The predicted molar refractivity (Wildman–Crippen MR) is 55.7 cm³/mol. The van der Waals surface area contributed by atoms with Gasteiger partial charge < -0.3 is 0 Å². The molecule has 0 aromatic rings. The van der Waals surface area contributed by atoms with Crippen LogP contribution in [-0.4, -0.2) is 6.71 Å². The summed E-state index contributed by atoms with van der Waals surface area (Å²) in [6.07, 6.45) is 7.46. The first kappa shape index (κ1) is 11.1. The van der Waals surface area contributed by atoms with E-state index in [0.29, 0.717) is 0 Å². The highest BCUT2D eigenvalue weighted by atomic mass is 14.0. The molecule has 0 saturated carbocycles. The second kappa shape index (κ2) is 6.76. The summed E-state index contributed by atoms with van der Waals surface area (Å²) in [5.41, 5.74) is 0. The van der Waals surface area contributed by atoms with Gasteiger partial charge in [-0.2, -0.15) is 0 Å². The van der Waals surface area contributed by atoms with E-state index in [1.165, 1.54) is 31.9 Å². The Kier molecular flexibility index (Phi) is 6.80. The van der Waals surface area contributed by atoms with Gasteiger partial charge >= 0.3 is 0 Å². The van der Waals surface area contributed by atoms with Crippen molar-refractivity contribution >= 4 is 6.71 Å². The highest BCUT2D eigenvalue weighted by molar-refractivity contribution is 6.60. The van der Waals surface area contributed by atoms with Crippen molar-refractivity contribution in [2.75, 3.05) is 0 Å². The summed E-state index contributed by atoms with van der Waals surface area (Å²) < 4.78 is 0. The first-order valence-electron chi connectivity index (χ1n) is 5.30. The molecule has 0 aromatic carbocycles. The van der Waals surface area contributed by atoms with E-state index in [0.717, 1.165) is 12.5 Å². The van der Waals surface area contributed by atoms with Gasteiger partial charge in [-0.05, 0) is 0 Å². The zero-order valence-corrected chi connectivity index (χ0v) is 8.69. The van der Waals surface area contributed by atoms with Gasteiger partial charge in [0, 0.05) is 0 Å². The van der Waals surface area contributed by atoms with Gasteiger partial charge in [0.1, 0.15) is 6.71 Å². The Morgan fingerprint density at radius 1 is 0.909 bits per heavy atom. The fraction of sp³-hybridized carbons (Fsp3) is 1.00. The van der Waals surface area contributed by atoms with Crippen LogP contribution < -0.4 is 0 Å². The molecule has 66 valence electrons. The summed E-state index contributed by atoms with van der Waals surface area (Å²) in [6, 6.07) is 0. The van der Waals surface area contributed by atoms with Crippen LogP contribution >= 0.6 is 0 Å². The van der Waals surface area contributed by atoms with Crippen LogP contribution in [0.4, 0.5) is 0 Å². The quantitative estimate of drug-likeness (QED) is 0.498. The molecule has 1 heterocycles. The van der Waals surface area contributed by atoms with E-state index in [1.807, 2.05) is 13.8 Å². The number of hydrogen-bond acceptors (Lipinski definition) is 0. The predicted octanol–water partition coefficient (Wildman–Crippen LogP) is 4.10. The van der Waals surface area contributed by atoms with E-state index in [4.69, 9.17) is 0 Å². The third kappa shape index (κ3) is 4.50. The molecule has 0 aliphatic carbocycles. The fourth-order valence-electron chi connectivity index (χ4n) is 1.80. The lowest BCUT2D eigenvalue weighted by atomic mass is 9.35. The maximum absolute atomic E-state index is 2.36. The van der Waals surface area contributed by atoms with Gasteiger partial charge in [0.15, 0.2) is 0 Å². The van der Waals surface area contributed by atoms with Crippen molar-refractivity contribution in [3.8, 4) is 0 Å². The van der Waals surface area contributed by atoms with Crippen molar-refractivity contribution in [2.24, 2.45) is 0 Å². The molecule has 11 heavy (non-hydrogen) atoms. The van der Waals surface area contributed by atoms with Crippen molar-refractivity contribution in [3.05, 3.63) is 0 Å². The lowest BCUT2D eigenvalue weighted by molar-refractivity contribution is 0.710. The zero-order chi connectivity index (χ0) is 8.69. The molecule has 0 aromatic heterocycles. The Balaban J connectivity index is 0.000000461. The smallest absolute Gasteiger partial charge is 0.0739 e. The molecule has 0 spiro atoms. The van der Waals surface area contributed by atoms with Crippen LogP contribution in [0.15, 0.2) is 0 Å². The summed E-state index contributed by atoms with van der Waals surface area (Å²) >= 11 is 0. The molecule has 0 unspecified atom stereocenters. The standard InChI is InChI=1S/C8H17B.C2H6/c1-8(2)9-6-4-3-5-7-9;1-2/h8H,3-7H2,1-2H3;1-2H3. The van der Waals surface area contributed by atoms with Gasteiger partial charge in [-0.25, -0.2) is 0 Å². The summed E-state index contributed by atoms with van der Waals surface area (Å²) in [5, 5.41) is 0. The van der Waals surface area contributed by atoms with Crippen LogP contribution in [0.1, 0.15) is 47.0 Å². The van der Waals surface area contributed by atoms with Gasteiger partial charge in [0.25, 0.3) is 0 Å². The molecule has 0 atom stereocenters. The largest absolute Gasteiger partial charge is 0.142 e. The molecule has 1 aliphatic heterocycles. The van der Waals surface area contributed by atoms with E-state index in [-0.39, 0.29) is 0 Å². The summed E-state index contributed by atoms with van der Waals surface area (Å²) in [6.45, 7) is 9.77. The molecular weight excluding hydrogens is 131 g/mol. The average molecular weight is 154 g/mol. The van der Waals surface area contributed by atoms with Crippen molar-refractivity contribution in [1.82, 2.24) is 0 Å². The number of hydrogen-bond donors (Lipinski definition) is 0. The van der Waals surface area contributed by atoms with E-state index < -0.39 is 0 Å². The molecule has 0 amide bonds.